The summed E-state index contributed by atoms with van der Waals surface area (Å²) in [6.07, 6.45) is 1.93. The molecule has 0 bridgehead atoms. The van der Waals surface area contributed by atoms with Crippen LogP contribution < -0.4 is 0 Å². The summed E-state index contributed by atoms with van der Waals surface area (Å²) in [5.41, 5.74) is 3.03. The highest BCUT2D eigenvalue weighted by Crippen LogP contribution is 2.39. The van der Waals surface area contributed by atoms with Crippen LogP contribution in [0.25, 0.3) is 32.8 Å². The van der Waals surface area contributed by atoms with Crippen molar-refractivity contribution in [3.8, 4) is 16.9 Å². The summed E-state index contributed by atoms with van der Waals surface area (Å²) in [4.78, 5) is 3.22. The number of fused-ring (bicyclic) bond motifs is 2. The minimum absolute atomic E-state index is 0.317. The van der Waals surface area contributed by atoms with E-state index < -0.39 is 0 Å². The molecule has 1 aromatic heterocycles. The van der Waals surface area contributed by atoms with Crippen molar-refractivity contribution in [2.45, 2.75) is 0 Å². The quantitative estimate of drug-likeness (QED) is 0.511. The average Bonchev–Trinajstić information content (AvgIpc) is 2.96. The lowest BCUT2D eigenvalue weighted by Crippen LogP contribution is -1.84. The molecule has 2 nitrogen and oxygen atoms in total. The van der Waals surface area contributed by atoms with Crippen LogP contribution in [0.2, 0.25) is 0 Å². The molecule has 3 aromatic carbocycles. The van der Waals surface area contributed by atoms with Gasteiger partial charge in [-0.05, 0) is 34.5 Å². The number of rotatable bonds is 1. The number of aromatic nitrogens is 1. The Hall–Kier alpha value is -2.74. The molecule has 0 saturated heterocycles. The van der Waals surface area contributed by atoms with E-state index in [2.05, 4.69) is 23.2 Å². The molecule has 0 radical (unpaired) electrons. The molecule has 2 heteroatoms. The molecule has 1 heterocycles. The molecular formula is C18H13NO. The maximum absolute atomic E-state index is 10.3. The zero-order valence-electron chi connectivity index (χ0n) is 10.8. The highest BCUT2D eigenvalue weighted by Gasteiger charge is 2.12. The fraction of sp³-hybridized carbons (Fsp3) is 0. The van der Waals surface area contributed by atoms with Gasteiger partial charge < -0.3 is 10.1 Å². The number of H-pyrrole nitrogens is 1. The van der Waals surface area contributed by atoms with E-state index in [0.29, 0.717) is 5.75 Å². The minimum atomic E-state index is 0.317. The van der Waals surface area contributed by atoms with Gasteiger partial charge in [0, 0.05) is 22.7 Å². The molecule has 0 atom stereocenters. The van der Waals surface area contributed by atoms with Crippen molar-refractivity contribution in [2.75, 3.05) is 0 Å². The molecule has 4 aromatic rings. The van der Waals surface area contributed by atoms with Crippen molar-refractivity contribution in [1.29, 1.82) is 0 Å². The zero-order chi connectivity index (χ0) is 13.5. The number of hydrogen-bond acceptors (Lipinski definition) is 1. The van der Waals surface area contributed by atoms with Crippen molar-refractivity contribution in [3.63, 3.8) is 0 Å². The van der Waals surface area contributed by atoms with Crippen LogP contribution in [0.1, 0.15) is 0 Å². The van der Waals surface area contributed by atoms with Gasteiger partial charge in [-0.3, -0.25) is 0 Å². The van der Waals surface area contributed by atoms with Gasteiger partial charge in [-0.15, -0.1) is 0 Å². The molecule has 0 saturated carbocycles. The average molecular weight is 259 g/mol. The van der Waals surface area contributed by atoms with Crippen LogP contribution in [-0.4, -0.2) is 10.1 Å². The summed E-state index contributed by atoms with van der Waals surface area (Å²) in [6, 6.07) is 20.0. The normalized spacial score (nSPS) is 11.2. The first-order chi connectivity index (χ1) is 9.84. The molecule has 2 N–H and O–H groups in total. The molecule has 0 aliphatic carbocycles. The van der Waals surface area contributed by atoms with Gasteiger partial charge in [0.25, 0.3) is 0 Å². The summed E-state index contributed by atoms with van der Waals surface area (Å²) >= 11 is 0. The van der Waals surface area contributed by atoms with Crippen molar-refractivity contribution in [3.05, 3.63) is 66.9 Å². The standard InChI is InChI=1S/C18H13NO/c20-17-9-8-12-4-1-2-5-13(12)18(17)15-6-3-7-16-14(15)10-11-19-16/h1-11,19-20H. The van der Waals surface area contributed by atoms with Gasteiger partial charge in [0.15, 0.2) is 0 Å². The Morgan fingerprint density at radius 2 is 1.65 bits per heavy atom. The van der Waals surface area contributed by atoms with Crippen LogP contribution in [0.5, 0.6) is 5.75 Å². The smallest absolute Gasteiger partial charge is 0.124 e. The van der Waals surface area contributed by atoms with Gasteiger partial charge in [0.1, 0.15) is 5.75 Å². The molecule has 0 unspecified atom stereocenters. The van der Waals surface area contributed by atoms with Gasteiger partial charge >= 0.3 is 0 Å². The number of nitrogens with one attached hydrogen (secondary N) is 1. The van der Waals surface area contributed by atoms with E-state index in [1.807, 2.05) is 42.6 Å². The van der Waals surface area contributed by atoms with Gasteiger partial charge in [-0.1, -0.05) is 42.5 Å². The van der Waals surface area contributed by atoms with Gasteiger partial charge in [-0.2, -0.15) is 0 Å². The van der Waals surface area contributed by atoms with Crippen LogP contribution in [0.3, 0.4) is 0 Å². The fourth-order valence-corrected chi connectivity index (χ4v) is 2.85. The molecule has 20 heavy (non-hydrogen) atoms. The third-order valence-electron chi connectivity index (χ3n) is 3.77. The summed E-state index contributed by atoms with van der Waals surface area (Å²) in [6.45, 7) is 0. The van der Waals surface area contributed by atoms with E-state index in [0.717, 1.165) is 32.8 Å². The Balaban J connectivity index is 2.17. The molecule has 0 aliphatic rings. The van der Waals surface area contributed by atoms with Gasteiger partial charge in [0.05, 0.1) is 0 Å². The molecular weight excluding hydrogens is 246 g/mol. The van der Waals surface area contributed by atoms with E-state index >= 15 is 0 Å². The van der Waals surface area contributed by atoms with Crippen LogP contribution in [-0.2, 0) is 0 Å². The summed E-state index contributed by atoms with van der Waals surface area (Å²) in [5, 5.41) is 13.7. The Morgan fingerprint density at radius 1 is 0.750 bits per heavy atom. The molecule has 4 rings (SSSR count). The number of aromatic hydroxyl groups is 1. The molecule has 0 fully saturated rings. The second kappa shape index (κ2) is 4.14. The van der Waals surface area contributed by atoms with Crippen LogP contribution in [0.15, 0.2) is 66.9 Å². The maximum Gasteiger partial charge on any atom is 0.124 e. The number of phenols is 1. The van der Waals surface area contributed by atoms with E-state index in [1.165, 1.54) is 0 Å². The Bertz CT molecular complexity index is 921. The molecule has 0 spiro atoms. The highest BCUT2D eigenvalue weighted by atomic mass is 16.3. The van der Waals surface area contributed by atoms with E-state index in [1.54, 1.807) is 6.07 Å². The van der Waals surface area contributed by atoms with Crippen molar-refractivity contribution in [1.82, 2.24) is 4.98 Å². The fourth-order valence-electron chi connectivity index (χ4n) is 2.85. The maximum atomic E-state index is 10.3. The summed E-state index contributed by atoms with van der Waals surface area (Å²) in [7, 11) is 0. The third kappa shape index (κ3) is 1.51. The predicted octanol–water partition coefficient (Wildman–Crippen LogP) is 4.69. The first-order valence-corrected chi connectivity index (χ1v) is 6.62. The Morgan fingerprint density at radius 3 is 2.60 bits per heavy atom. The third-order valence-corrected chi connectivity index (χ3v) is 3.77. The second-order valence-corrected chi connectivity index (χ2v) is 4.93. The first kappa shape index (κ1) is 11.1. The molecule has 0 amide bonds. The van der Waals surface area contributed by atoms with Gasteiger partial charge in [-0.25, -0.2) is 0 Å². The van der Waals surface area contributed by atoms with E-state index in [9.17, 15) is 5.11 Å². The highest BCUT2D eigenvalue weighted by molar-refractivity contribution is 6.06. The number of aromatic amines is 1. The Labute approximate surface area is 116 Å². The van der Waals surface area contributed by atoms with Crippen LogP contribution in [0.4, 0.5) is 0 Å². The molecule has 96 valence electrons. The topological polar surface area (TPSA) is 36.0 Å². The van der Waals surface area contributed by atoms with E-state index in [4.69, 9.17) is 0 Å². The zero-order valence-corrected chi connectivity index (χ0v) is 10.8. The van der Waals surface area contributed by atoms with Crippen molar-refractivity contribution >= 4 is 21.7 Å². The largest absolute Gasteiger partial charge is 0.507 e. The first-order valence-electron chi connectivity index (χ1n) is 6.62. The van der Waals surface area contributed by atoms with Crippen LogP contribution in [0, 0.1) is 0 Å². The lowest BCUT2D eigenvalue weighted by atomic mass is 9.95. The van der Waals surface area contributed by atoms with Gasteiger partial charge in [0.2, 0.25) is 0 Å². The number of hydrogen-bond donors (Lipinski definition) is 2. The monoisotopic (exact) mass is 259 g/mol. The second-order valence-electron chi connectivity index (χ2n) is 4.93. The summed E-state index contributed by atoms with van der Waals surface area (Å²) in [5.74, 6) is 0.317. The predicted molar refractivity (Wildman–Crippen MR) is 82.9 cm³/mol. The SMILES string of the molecule is Oc1ccc2ccccc2c1-c1cccc2[nH]ccc12. The minimum Gasteiger partial charge on any atom is -0.507 e. The van der Waals surface area contributed by atoms with E-state index in [-0.39, 0.29) is 0 Å². The van der Waals surface area contributed by atoms with Crippen LogP contribution >= 0.6 is 0 Å². The number of benzene rings is 3. The Kier molecular flexibility index (Phi) is 2.30. The summed E-state index contributed by atoms with van der Waals surface area (Å²) < 4.78 is 0. The van der Waals surface area contributed by atoms with Crippen molar-refractivity contribution in [2.24, 2.45) is 0 Å². The lowest BCUT2D eigenvalue weighted by molar-refractivity contribution is 0.478. The lowest BCUT2D eigenvalue weighted by Gasteiger charge is -2.10. The number of phenolic OH excluding ortho intramolecular Hbond substituents is 1. The molecule has 0 aliphatic heterocycles. The van der Waals surface area contributed by atoms with Crippen molar-refractivity contribution < 1.29 is 5.11 Å².